The van der Waals surface area contributed by atoms with E-state index in [2.05, 4.69) is 10.3 Å². The number of pyridine rings is 1. The lowest BCUT2D eigenvalue weighted by Crippen LogP contribution is -2.41. The first-order valence-corrected chi connectivity index (χ1v) is 7.98. The van der Waals surface area contributed by atoms with Gasteiger partial charge in [0.15, 0.2) is 0 Å². The number of piperidine rings is 1. The Labute approximate surface area is 137 Å². The van der Waals surface area contributed by atoms with E-state index in [4.69, 9.17) is 0 Å². The number of nitrogens with one attached hydrogen (secondary N) is 1. The SMILES string of the molecule is Fc1ccc2c(NCC3CCN(CC(F)(F)F)CC3)ccnc2c1. The van der Waals surface area contributed by atoms with Gasteiger partial charge in [-0.25, -0.2) is 4.39 Å². The largest absolute Gasteiger partial charge is 0.401 e. The van der Waals surface area contributed by atoms with Crippen LogP contribution in [0.3, 0.4) is 0 Å². The molecule has 0 spiro atoms. The summed E-state index contributed by atoms with van der Waals surface area (Å²) in [4.78, 5) is 5.61. The normalized spacial score (nSPS) is 17.3. The van der Waals surface area contributed by atoms with E-state index in [0.29, 0.717) is 31.1 Å². The monoisotopic (exact) mass is 341 g/mol. The molecule has 1 fully saturated rings. The number of alkyl halides is 3. The molecule has 1 N–H and O–H groups in total. The molecule has 2 heterocycles. The highest BCUT2D eigenvalue weighted by Gasteiger charge is 2.32. The highest BCUT2D eigenvalue weighted by atomic mass is 19.4. The van der Waals surface area contributed by atoms with Gasteiger partial charge in [0, 0.05) is 29.9 Å². The summed E-state index contributed by atoms with van der Waals surface area (Å²) in [7, 11) is 0. The van der Waals surface area contributed by atoms with Crippen molar-refractivity contribution < 1.29 is 17.6 Å². The van der Waals surface area contributed by atoms with Gasteiger partial charge in [0.25, 0.3) is 0 Å². The number of rotatable bonds is 4. The molecule has 0 atom stereocenters. The van der Waals surface area contributed by atoms with Gasteiger partial charge in [-0.1, -0.05) is 0 Å². The summed E-state index contributed by atoms with van der Waals surface area (Å²) >= 11 is 0. The second-order valence-electron chi connectivity index (χ2n) is 6.24. The molecule has 24 heavy (non-hydrogen) atoms. The highest BCUT2D eigenvalue weighted by Crippen LogP contribution is 2.25. The third-order valence-electron chi connectivity index (χ3n) is 4.40. The number of likely N-dealkylation sites (tertiary alicyclic amines) is 1. The van der Waals surface area contributed by atoms with Gasteiger partial charge in [0.05, 0.1) is 12.1 Å². The molecule has 3 rings (SSSR count). The van der Waals surface area contributed by atoms with Gasteiger partial charge in [-0.15, -0.1) is 0 Å². The first kappa shape index (κ1) is 17.0. The van der Waals surface area contributed by atoms with Gasteiger partial charge < -0.3 is 5.32 Å². The summed E-state index contributed by atoms with van der Waals surface area (Å²) in [6, 6.07) is 6.30. The number of fused-ring (bicyclic) bond motifs is 1. The molecule has 1 aromatic heterocycles. The van der Waals surface area contributed by atoms with Crippen molar-refractivity contribution in [1.82, 2.24) is 9.88 Å². The van der Waals surface area contributed by atoms with E-state index in [-0.39, 0.29) is 5.82 Å². The van der Waals surface area contributed by atoms with Crippen LogP contribution in [0.4, 0.5) is 23.2 Å². The molecular weight excluding hydrogens is 322 g/mol. The van der Waals surface area contributed by atoms with Crippen molar-refractivity contribution in [2.45, 2.75) is 19.0 Å². The molecule has 1 saturated heterocycles. The standard InChI is InChI=1S/C17H19F4N3/c18-13-1-2-14-15(3-6-22-16(14)9-13)23-10-12-4-7-24(8-5-12)11-17(19,20)21/h1-3,6,9,12H,4-5,7-8,10-11H2,(H,22,23). The Bertz CT molecular complexity index is 694. The van der Waals surface area contributed by atoms with Gasteiger partial charge in [-0.2, -0.15) is 13.2 Å². The molecule has 2 aromatic rings. The number of aromatic nitrogens is 1. The van der Waals surface area contributed by atoms with Crippen molar-refractivity contribution in [2.75, 3.05) is 31.5 Å². The van der Waals surface area contributed by atoms with Crippen LogP contribution in [0.15, 0.2) is 30.5 Å². The van der Waals surface area contributed by atoms with E-state index in [1.165, 1.54) is 17.0 Å². The summed E-state index contributed by atoms with van der Waals surface area (Å²) in [5.74, 6) is 0.00216. The van der Waals surface area contributed by atoms with Gasteiger partial charge in [0.2, 0.25) is 0 Å². The Morgan fingerprint density at radius 2 is 1.92 bits per heavy atom. The molecule has 1 aliphatic rings. The zero-order valence-electron chi connectivity index (χ0n) is 13.1. The lowest BCUT2D eigenvalue weighted by molar-refractivity contribution is -0.148. The number of halogens is 4. The van der Waals surface area contributed by atoms with Crippen LogP contribution in [0, 0.1) is 11.7 Å². The van der Waals surface area contributed by atoms with Crippen LogP contribution in [-0.2, 0) is 0 Å². The average molecular weight is 341 g/mol. The molecule has 1 aliphatic heterocycles. The Morgan fingerprint density at radius 3 is 2.62 bits per heavy atom. The average Bonchev–Trinajstić information content (AvgIpc) is 2.52. The maximum atomic E-state index is 13.3. The number of hydrogen-bond donors (Lipinski definition) is 1. The lowest BCUT2D eigenvalue weighted by Gasteiger charge is -2.32. The van der Waals surface area contributed by atoms with Crippen molar-refractivity contribution in [3.8, 4) is 0 Å². The van der Waals surface area contributed by atoms with Crippen LogP contribution < -0.4 is 5.32 Å². The van der Waals surface area contributed by atoms with Gasteiger partial charge in [0.1, 0.15) is 5.82 Å². The maximum absolute atomic E-state index is 13.3. The molecule has 7 heteroatoms. The Balaban J connectivity index is 1.56. The van der Waals surface area contributed by atoms with E-state index in [1.54, 1.807) is 12.3 Å². The van der Waals surface area contributed by atoms with Crippen LogP contribution >= 0.6 is 0 Å². The molecule has 0 amide bonds. The van der Waals surface area contributed by atoms with E-state index in [0.717, 1.165) is 23.9 Å². The molecule has 1 aromatic carbocycles. The predicted octanol–water partition coefficient (Wildman–Crippen LogP) is 4.06. The topological polar surface area (TPSA) is 28.2 Å². The molecule has 0 saturated carbocycles. The number of benzene rings is 1. The third kappa shape index (κ3) is 4.35. The lowest BCUT2D eigenvalue weighted by atomic mass is 9.96. The summed E-state index contributed by atoms with van der Waals surface area (Å²) < 4.78 is 50.4. The van der Waals surface area contributed by atoms with E-state index < -0.39 is 12.7 Å². The minimum absolute atomic E-state index is 0.329. The van der Waals surface area contributed by atoms with Crippen molar-refractivity contribution in [2.24, 2.45) is 5.92 Å². The molecule has 3 nitrogen and oxygen atoms in total. The van der Waals surface area contributed by atoms with E-state index >= 15 is 0 Å². The number of nitrogens with zero attached hydrogens (tertiary/aromatic N) is 2. The summed E-state index contributed by atoms with van der Waals surface area (Å²) in [5, 5.41) is 4.18. The van der Waals surface area contributed by atoms with Gasteiger partial charge >= 0.3 is 6.18 Å². The fraction of sp³-hybridized carbons (Fsp3) is 0.471. The number of hydrogen-bond acceptors (Lipinski definition) is 3. The zero-order valence-corrected chi connectivity index (χ0v) is 13.1. The fourth-order valence-corrected chi connectivity index (χ4v) is 3.13. The Morgan fingerprint density at radius 1 is 1.17 bits per heavy atom. The third-order valence-corrected chi connectivity index (χ3v) is 4.40. The second-order valence-corrected chi connectivity index (χ2v) is 6.24. The molecular formula is C17H19F4N3. The van der Waals surface area contributed by atoms with Crippen LogP contribution in [0.5, 0.6) is 0 Å². The Hall–Kier alpha value is -1.89. The van der Waals surface area contributed by atoms with E-state index in [9.17, 15) is 17.6 Å². The second kappa shape index (κ2) is 6.93. The predicted molar refractivity (Wildman–Crippen MR) is 85.4 cm³/mol. The van der Waals surface area contributed by atoms with Crippen molar-refractivity contribution >= 4 is 16.6 Å². The van der Waals surface area contributed by atoms with Crippen LogP contribution in [0.2, 0.25) is 0 Å². The minimum Gasteiger partial charge on any atom is -0.384 e. The first-order chi connectivity index (χ1) is 11.4. The zero-order chi connectivity index (χ0) is 17.2. The fourth-order valence-electron chi connectivity index (χ4n) is 3.13. The minimum atomic E-state index is -4.13. The molecule has 0 aliphatic carbocycles. The van der Waals surface area contributed by atoms with Crippen LogP contribution in [0.25, 0.3) is 10.9 Å². The summed E-state index contributed by atoms with van der Waals surface area (Å²) in [6.07, 6.45) is -1.03. The van der Waals surface area contributed by atoms with E-state index in [1.807, 2.05) is 6.07 Å². The molecule has 130 valence electrons. The number of anilines is 1. The van der Waals surface area contributed by atoms with Crippen molar-refractivity contribution in [1.29, 1.82) is 0 Å². The van der Waals surface area contributed by atoms with Gasteiger partial charge in [-0.3, -0.25) is 9.88 Å². The van der Waals surface area contributed by atoms with Crippen LogP contribution in [-0.4, -0.2) is 42.2 Å². The smallest absolute Gasteiger partial charge is 0.384 e. The molecule has 0 unspecified atom stereocenters. The van der Waals surface area contributed by atoms with Crippen molar-refractivity contribution in [3.63, 3.8) is 0 Å². The van der Waals surface area contributed by atoms with Crippen LogP contribution in [0.1, 0.15) is 12.8 Å². The maximum Gasteiger partial charge on any atom is 0.401 e. The first-order valence-electron chi connectivity index (χ1n) is 7.98. The quantitative estimate of drug-likeness (QED) is 0.850. The Kier molecular flexibility index (Phi) is 4.89. The van der Waals surface area contributed by atoms with Gasteiger partial charge in [-0.05, 0) is 50.0 Å². The van der Waals surface area contributed by atoms with Crippen molar-refractivity contribution in [3.05, 3.63) is 36.3 Å². The molecule has 0 radical (unpaired) electrons. The summed E-state index contributed by atoms with van der Waals surface area (Å²) in [6.45, 7) is 0.798. The summed E-state index contributed by atoms with van der Waals surface area (Å²) in [5.41, 5.74) is 1.46. The highest BCUT2D eigenvalue weighted by molar-refractivity contribution is 5.90. The molecule has 0 bridgehead atoms.